The Hall–Kier alpha value is -2.29. The van der Waals surface area contributed by atoms with Gasteiger partial charge in [0.1, 0.15) is 0 Å². The van der Waals surface area contributed by atoms with Gasteiger partial charge in [-0.05, 0) is 37.8 Å². The number of nitrogens with zero attached hydrogens (tertiary/aromatic N) is 1. The number of thiazole rings is 1. The summed E-state index contributed by atoms with van der Waals surface area (Å²) in [6, 6.07) is 3.47. The maximum atomic E-state index is 14.9. The van der Waals surface area contributed by atoms with Crippen molar-refractivity contribution in [3.63, 3.8) is 0 Å². The van der Waals surface area contributed by atoms with Gasteiger partial charge in [-0.3, -0.25) is 9.78 Å². The molecule has 29 heavy (non-hydrogen) atoms. The lowest BCUT2D eigenvalue weighted by molar-refractivity contribution is -0.00408. The number of benzene rings is 1. The molecule has 0 bridgehead atoms. The fourth-order valence-corrected chi connectivity index (χ4v) is 4.48. The Balaban J connectivity index is 1.48. The van der Waals surface area contributed by atoms with Crippen molar-refractivity contribution in [3.05, 3.63) is 41.4 Å². The number of H-pyrrole nitrogens is 1. The van der Waals surface area contributed by atoms with Crippen LogP contribution in [-0.4, -0.2) is 48.3 Å². The number of carbonyl (C=O) groups is 1. The molecule has 0 aliphatic heterocycles. The summed E-state index contributed by atoms with van der Waals surface area (Å²) in [4.78, 5) is 20.7. The van der Waals surface area contributed by atoms with Crippen molar-refractivity contribution < 1.29 is 18.7 Å². The predicted octanol–water partition coefficient (Wildman–Crippen LogP) is 4.13. The molecule has 2 N–H and O–H groups in total. The maximum absolute atomic E-state index is 14.9. The predicted molar refractivity (Wildman–Crippen MR) is 111 cm³/mol. The van der Waals surface area contributed by atoms with Gasteiger partial charge in [0.15, 0.2) is 5.82 Å². The normalized spacial score (nSPS) is 19.5. The Bertz CT molecular complexity index is 965. The van der Waals surface area contributed by atoms with Gasteiger partial charge in [-0.15, -0.1) is 11.3 Å². The van der Waals surface area contributed by atoms with Gasteiger partial charge in [-0.25, -0.2) is 4.39 Å². The molecule has 0 spiro atoms. The lowest BCUT2D eigenvalue weighted by Crippen LogP contribution is -2.39. The Morgan fingerprint density at radius 3 is 2.90 bits per heavy atom. The molecule has 1 amide bonds. The number of rotatable bonds is 7. The molecule has 2 aromatic heterocycles. The molecule has 0 atom stereocenters. The SMILES string of the molecule is COCCO[C@H]1CC[C@H](NC(=O)c2cc(-c3cncs3)c(F)c3[nH]ccc23)CC1. The topological polar surface area (TPSA) is 76.2 Å². The van der Waals surface area contributed by atoms with Crippen LogP contribution in [0.1, 0.15) is 36.0 Å². The van der Waals surface area contributed by atoms with E-state index < -0.39 is 0 Å². The lowest BCUT2D eigenvalue weighted by Gasteiger charge is -2.29. The van der Waals surface area contributed by atoms with Crippen LogP contribution in [0.5, 0.6) is 0 Å². The number of fused-ring (bicyclic) bond motifs is 1. The Morgan fingerprint density at radius 2 is 2.17 bits per heavy atom. The van der Waals surface area contributed by atoms with Crippen molar-refractivity contribution in [2.45, 2.75) is 37.8 Å². The summed E-state index contributed by atoms with van der Waals surface area (Å²) < 4.78 is 25.7. The summed E-state index contributed by atoms with van der Waals surface area (Å²) in [5.41, 5.74) is 2.87. The molecule has 4 rings (SSSR count). The van der Waals surface area contributed by atoms with Crippen LogP contribution in [0.4, 0.5) is 4.39 Å². The van der Waals surface area contributed by atoms with Crippen LogP contribution in [0, 0.1) is 5.82 Å². The van der Waals surface area contributed by atoms with E-state index in [1.807, 2.05) is 0 Å². The lowest BCUT2D eigenvalue weighted by atomic mass is 9.92. The van der Waals surface area contributed by atoms with Gasteiger partial charge >= 0.3 is 0 Å². The molecular weight excluding hydrogens is 393 g/mol. The van der Waals surface area contributed by atoms with Crippen molar-refractivity contribution in [2.75, 3.05) is 20.3 Å². The molecule has 2 heterocycles. The zero-order valence-electron chi connectivity index (χ0n) is 16.2. The second-order valence-corrected chi connectivity index (χ2v) is 8.11. The first-order chi connectivity index (χ1) is 14.2. The molecule has 8 heteroatoms. The van der Waals surface area contributed by atoms with Crippen LogP contribution in [0.15, 0.2) is 30.0 Å². The van der Waals surface area contributed by atoms with E-state index in [-0.39, 0.29) is 23.9 Å². The molecular formula is C21H24FN3O3S. The molecule has 3 aromatic rings. The van der Waals surface area contributed by atoms with Crippen molar-refractivity contribution in [2.24, 2.45) is 0 Å². The Morgan fingerprint density at radius 1 is 1.34 bits per heavy atom. The van der Waals surface area contributed by atoms with Gasteiger partial charge in [-0.1, -0.05) is 0 Å². The smallest absolute Gasteiger partial charge is 0.252 e. The highest BCUT2D eigenvalue weighted by Crippen LogP contribution is 2.33. The van der Waals surface area contributed by atoms with Gasteiger partial charge in [0, 0.05) is 42.1 Å². The first kappa shape index (κ1) is 20.0. The number of nitrogens with one attached hydrogen (secondary N) is 2. The van der Waals surface area contributed by atoms with Crippen LogP contribution < -0.4 is 5.32 Å². The minimum atomic E-state index is -0.362. The van der Waals surface area contributed by atoms with Gasteiger partial charge in [0.25, 0.3) is 5.91 Å². The van der Waals surface area contributed by atoms with Gasteiger partial charge in [-0.2, -0.15) is 0 Å². The van der Waals surface area contributed by atoms with Crippen molar-refractivity contribution >= 4 is 28.1 Å². The second-order valence-electron chi connectivity index (χ2n) is 7.23. The molecule has 0 radical (unpaired) electrons. The summed E-state index contributed by atoms with van der Waals surface area (Å²) >= 11 is 1.35. The summed E-state index contributed by atoms with van der Waals surface area (Å²) in [7, 11) is 1.66. The fourth-order valence-electron chi connectivity index (χ4n) is 3.85. The highest BCUT2D eigenvalue weighted by atomic mass is 32.1. The van der Waals surface area contributed by atoms with E-state index in [4.69, 9.17) is 9.47 Å². The summed E-state index contributed by atoms with van der Waals surface area (Å²) in [5.74, 6) is -0.538. The van der Waals surface area contributed by atoms with E-state index in [1.165, 1.54) is 11.3 Å². The second kappa shape index (κ2) is 9.02. The van der Waals surface area contributed by atoms with Gasteiger partial charge in [0.2, 0.25) is 0 Å². The largest absolute Gasteiger partial charge is 0.382 e. The van der Waals surface area contributed by atoms with E-state index in [1.54, 1.807) is 37.1 Å². The van der Waals surface area contributed by atoms with E-state index in [0.29, 0.717) is 40.1 Å². The third kappa shape index (κ3) is 4.34. The summed E-state index contributed by atoms with van der Waals surface area (Å²) in [6.45, 7) is 1.19. The van der Waals surface area contributed by atoms with Crippen LogP contribution >= 0.6 is 11.3 Å². The highest BCUT2D eigenvalue weighted by molar-refractivity contribution is 7.13. The average Bonchev–Trinajstić information content (AvgIpc) is 3.42. The number of hydrogen-bond acceptors (Lipinski definition) is 5. The third-order valence-electron chi connectivity index (χ3n) is 5.37. The Labute approximate surface area is 172 Å². The quantitative estimate of drug-likeness (QED) is 0.567. The molecule has 1 saturated carbocycles. The minimum absolute atomic E-state index is 0.0932. The van der Waals surface area contributed by atoms with E-state index in [9.17, 15) is 9.18 Å². The monoisotopic (exact) mass is 417 g/mol. The van der Waals surface area contributed by atoms with E-state index in [2.05, 4.69) is 15.3 Å². The zero-order valence-corrected chi connectivity index (χ0v) is 17.1. The van der Waals surface area contributed by atoms with Crippen LogP contribution in [-0.2, 0) is 9.47 Å². The zero-order chi connectivity index (χ0) is 20.2. The number of halogens is 1. The van der Waals surface area contributed by atoms with Crippen LogP contribution in [0.3, 0.4) is 0 Å². The molecule has 1 aliphatic rings. The third-order valence-corrected chi connectivity index (χ3v) is 6.18. The average molecular weight is 418 g/mol. The summed E-state index contributed by atoms with van der Waals surface area (Å²) in [5, 5.41) is 3.72. The number of carbonyl (C=O) groups excluding carboxylic acids is 1. The van der Waals surface area contributed by atoms with Crippen LogP contribution in [0.2, 0.25) is 0 Å². The number of ether oxygens (including phenoxy) is 2. The molecule has 154 valence electrons. The molecule has 1 aromatic carbocycles. The number of amides is 1. The first-order valence-electron chi connectivity index (χ1n) is 9.77. The number of hydrogen-bond donors (Lipinski definition) is 2. The van der Waals surface area contributed by atoms with E-state index >= 15 is 0 Å². The molecule has 1 aliphatic carbocycles. The van der Waals surface area contributed by atoms with Crippen molar-refractivity contribution in [1.82, 2.24) is 15.3 Å². The molecule has 6 nitrogen and oxygen atoms in total. The van der Waals surface area contributed by atoms with Gasteiger partial charge in [0.05, 0.1) is 35.2 Å². The number of methoxy groups -OCH3 is 1. The fraction of sp³-hybridized carbons (Fsp3) is 0.429. The number of aromatic nitrogens is 2. The number of aromatic amines is 1. The van der Waals surface area contributed by atoms with Crippen molar-refractivity contribution in [1.29, 1.82) is 0 Å². The minimum Gasteiger partial charge on any atom is -0.382 e. The molecule has 1 fully saturated rings. The molecule has 0 saturated heterocycles. The van der Waals surface area contributed by atoms with Gasteiger partial charge < -0.3 is 19.8 Å². The maximum Gasteiger partial charge on any atom is 0.252 e. The highest BCUT2D eigenvalue weighted by Gasteiger charge is 2.25. The first-order valence-corrected chi connectivity index (χ1v) is 10.6. The van der Waals surface area contributed by atoms with Crippen molar-refractivity contribution in [3.8, 4) is 10.4 Å². The van der Waals surface area contributed by atoms with Crippen LogP contribution in [0.25, 0.3) is 21.3 Å². The van der Waals surface area contributed by atoms with E-state index in [0.717, 1.165) is 25.7 Å². The standard InChI is InChI=1S/C21H24FN3O3S/c1-27-8-9-28-14-4-2-13(3-5-14)25-21(26)16-10-17(18-11-23-12-29-18)19(22)20-15(16)6-7-24-20/h6-7,10-14,24H,2-5,8-9H2,1H3,(H,25,26)/t13-,14-. The summed E-state index contributed by atoms with van der Waals surface area (Å²) in [6.07, 6.45) is 7.03. The molecule has 0 unspecified atom stereocenters. The Kier molecular flexibility index (Phi) is 6.22.